The van der Waals surface area contributed by atoms with Crippen molar-refractivity contribution >= 4 is 17.9 Å². The van der Waals surface area contributed by atoms with Gasteiger partial charge >= 0.3 is 17.9 Å². The smallest absolute Gasteiger partial charge is 0.306 e. The third-order valence-electron chi connectivity index (χ3n) is 13.1. The molecule has 0 aliphatic heterocycles. The lowest BCUT2D eigenvalue weighted by Crippen LogP contribution is -2.30. The Bertz CT molecular complexity index is 1920. The molecule has 0 aromatic rings. The Morgan fingerprint density at radius 1 is 0.256 bits per heavy atom. The highest BCUT2D eigenvalue weighted by atomic mass is 16.6. The molecule has 0 saturated carbocycles. The van der Waals surface area contributed by atoms with Crippen LogP contribution in [-0.4, -0.2) is 37.2 Å². The number of unbranched alkanes of at least 4 members (excludes halogenated alkanes) is 16. The molecule has 1 unspecified atom stereocenters. The second-order valence-electron chi connectivity index (χ2n) is 20.9. The van der Waals surface area contributed by atoms with Crippen LogP contribution in [0.25, 0.3) is 0 Å². The minimum atomic E-state index is -0.819. The van der Waals surface area contributed by atoms with E-state index in [1.807, 2.05) is 0 Å². The minimum Gasteiger partial charge on any atom is -0.462 e. The fourth-order valence-corrected chi connectivity index (χ4v) is 8.30. The molecule has 0 saturated heterocycles. The molecule has 6 heteroatoms. The molecule has 0 aromatic heterocycles. The van der Waals surface area contributed by atoms with E-state index in [9.17, 15) is 14.4 Å². The Hall–Kier alpha value is -5.49. The number of hydrogen-bond acceptors (Lipinski definition) is 6. The summed E-state index contributed by atoms with van der Waals surface area (Å²) in [4.78, 5) is 38.2. The Morgan fingerprint density at radius 2 is 0.488 bits per heavy atom. The second kappa shape index (κ2) is 68.0. The molecule has 0 spiro atoms. The van der Waals surface area contributed by atoms with Crippen molar-refractivity contribution in [2.75, 3.05) is 13.2 Å². The van der Waals surface area contributed by atoms with Crippen LogP contribution in [-0.2, 0) is 28.6 Å². The standard InChI is InChI=1S/C76H118O6/c1-4-7-10-13-16-19-22-24-26-28-30-32-34-36-37-38-39-41-42-44-46-48-50-52-54-57-60-63-66-69-75(78)81-72-73(71-80-74(77)68-65-62-59-56-21-18-15-12-9-6-3)82-76(79)70-67-64-61-58-55-53-51-49-47-45-43-40-35-33-31-29-27-25-23-20-17-14-11-8-5-2/h7-8,10-12,15-17,19-20,24-27,30-33,36-37,39-41,43-44,46,50,52,57,60,73H,4-6,9,13-14,18,21-23,28-29,34-35,38,42,45,47-49,51,53-56,58-59,61-72H2,1-3H3/b10-7-,11-8-,15-12-,19-16-,20-17-,26-24-,27-25-,32-30-,33-31-,37-36-,41-39-,43-40-,46-44-,52-50-,60-57-. The largest absolute Gasteiger partial charge is 0.462 e. The summed E-state index contributed by atoms with van der Waals surface area (Å²) >= 11 is 0. The fraction of sp³-hybridized carbons (Fsp3) is 0.566. The van der Waals surface area contributed by atoms with Crippen molar-refractivity contribution in [2.24, 2.45) is 0 Å². The highest BCUT2D eigenvalue weighted by Gasteiger charge is 2.19. The zero-order chi connectivity index (χ0) is 59.2. The van der Waals surface area contributed by atoms with Crippen molar-refractivity contribution < 1.29 is 28.6 Å². The van der Waals surface area contributed by atoms with Crippen LogP contribution < -0.4 is 0 Å². The van der Waals surface area contributed by atoms with Crippen LogP contribution in [0.4, 0.5) is 0 Å². The molecule has 6 nitrogen and oxygen atoms in total. The van der Waals surface area contributed by atoms with Crippen LogP contribution in [0, 0.1) is 0 Å². The number of carbonyl (C=O) groups is 3. The van der Waals surface area contributed by atoms with Gasteiger partial charge in [0, 0.05) is 19.3 Å². The number of carbonyl (C=O) groups excluding carboxylic acids is 3. The highest BCUT2D eigenvalue weighted by Crippen LogP contribution is 2.14. The molecule has 0 bridgehead atoms. The first kappa shape index (κ1) is 76.5. The topological polar surface area (TPSA) is 78.9 Å². The van der Waals surface area contributed by atoms with Gasteiger partial charge in [0.2, 0.25) is 0 Å². The van der Waals surface area contributed by atoms with Crippen LogP contribution in [0.2, 0.25) is 0 Å². The van der Waals surface area contributed by atoms with E-state index in [1.165, 1.54) is 51.4 Å². The summed E-state index contributed by atoms with van der Waals surface area (Å²) in [6.07, 6.45) is 102. The molecule has 82 heavy (non-hydrogen) atoms. The first-order chi connectivity index (χ1) is 40.5. The number of esters is 3. The van der Waals surface area contributed by atoms with Crippen LogP contribution in [0.3, 0.4) is 0 Å². The van der Waals surface area contributed by atoms with Gasteiger partial charge in [-0.25, -0.2) is 0 Å². The van der Waals surface area contributed by atoms with Gasteiger partial charge in [-0.1, -0.05) is 274 Å². The lowest BCUT2D eigenvalue weighted by Gasteiger charge is -2.18. The van der Waals surface area contributed by atoms with Gasteiger partial charge in [-0.2, -0.15) is 0 Å². The number of allylic oxidation sites excluding steroid dienone is 30. The van der Waals surface area contributed by atoms with E-state index in [4.69, 9.17) is 14.2 Å². The third kappa shape index (κ3) is 65.3. The Morgan fingerprint density at radius 3 is 0.805 bits per heavy atom. The van der Waals surface area contributed by atoms with Gasteiger partial charge in [0.25, 0.3) is 0 Å². The van der Waals surface area contributed by atoms with Crippen molar-refractivity contribution in [1.82, 2.24) is 0 Å². The SMILES string of the molecule is CC/C=C\C/C=C\C/C=C\C/C=C\C/C=C\C/C=C\C/C=C\C/C=C\C/C=C\CCCC(=O)OCC(COC(=O)CCCCCCC/C=C\CCC)OC(=O)CCCCCCCCCCC/C=C\C/C=C\C/C=C\C/C=C\C/C=C\CC. The first-order valence-corrected chi connectivity index (χ1v) is 32.8. The number of ether oxygens (including phenoxy) is 3. The maximum atomic E-state index is 12.9. The Kier molecular flexibility index (Phi) is 63.5. The third-order valence-corrected chi connectivity index (χ3v) is 13.1. The molecule has 0 rings (SSSR count). The molecular weight excluding hydrogens is 1010 g/mol. The van der Waals surface area contributed by atoms with Crippen molar-refractivity contribution in [2.45, 2.75) is 264 Å². The van der Waals surface area contributed by atoms with Crippen LogP contribution in [0.15, 0.2) is 182 Å². The van der Waals surface area contributed by atoms with Gasteiger partial charge in [-0.3, -0.25) is 14.4 Å². The first-order valence-electron chi connectivity index (χ1n) is 32.8. The maximum Gasteiger partial charge on any atom is 0.306 e. The molecule has 1 atom stereocenters. The normalized spacial score (nSPS) is 13.4. The maximum absolute atomic E-state index is 12.9. The van der Waals surface area contributed by atoms with Crippen molar-refractivity contribution in [3.05, 3.63) is 182 Å². The van der Waals surface area contributed by atoms with Crippen molar-refractivity contribution in [1.29, 1.82) is 0 Å². The summed E-state index contributed by atoms with van der Waals surface area (Å²) in [5.41, 5.74) is 0. The molecule has 0 aliphatic rings. The molecule has 0 amide bonds. The predicted octanol–water partition coefficient (Wildman–Crippen LogP) is 22.8. The summed E-state index contributed by atoms with van der Waals surface area (Å²) < 4.78 is 16.8. The van der Waals surface area contributed by atoms with Gasteiger partial charge in [-0.15, -0.1) is 0 Å². The number of rotatable bonds is 57. The van der Waals surface area contributed by atoms with Crippen molar-refractivity contribution in [3.63, 3.8) is 0 Å². The zero-order valence-electron chi connectivity index (χ0n) is 52.4. The Balaban J connectivity index is 4.41. The molecule has 0 radical (unpaired) electrons. The van der Waals surface area contributed by atoms with E-state index < -0.39 is 6.10 Å². The Labute approximate surface area is 504 Å². The average molecular weight is 1130 g/mol. The molecular formula is C76H118O6. The molecule has 0 aliphatic carbocycles. The molecule has 0 aromatic carbocycles. The monoisotopic (exact) mass is 1130 g/mol. The van der Waals surface area contributed by atoms with Gasteiger partial charge < -0.3 is 14.2 Å². The summed E-state index contributed by atoms with van der Waals surface area (Å²) in [7, 11) is 0. The quantitative estimate of drug-likeness (QED) is 0.0261. The zero-order valence-corrected chi connectivity index (χ0v) is 52.4. The molecule has 458 valence electrons. The van der Waals surface area contributed by atoms with Gasteiger partial charge in [0.05, 0.1) is 0 Å². The summed E-state index contributed by atoms with van der Waals surface area (Å²) in [5, 5.41) is 0. The van der Waals surface area contributed by atoms with Gasteiger partial charge in [0.15, 0.2) is 6.10 Å². The minimum absolute atomic E-state index is 0.111. The summed E-state index contributed by atoms with van der Waals surface area (Å²) in [6.45, 7) is 6.28. The second-order valence-corrected chi connectivity index (χ2v) is 20.9. The van der Waals surface area contributed by atoms with E-state index in [2.05, 4.69) is 203 Å². The molecule has 0 N–H and O–H groups in total. The van der Waals surface area contributed by atoms with Crippen LogP contribution in [0.5, 0.6) is 0 Å². The van der Waals surface area contributed by atoms with E-state index in [0.29, 0.717) is 19.3 Å². The lowest BCUT2D eigenvalue weighted by atomic mass is 10.1. The summed E-state index contributed by atoms with van der Waals surface area (Å²) in [5.74, 6) is -0.997. The average Bonchev–Trinajstić information content (AvgIpc) is 3.48. The molecule has 0 fully saturated rings. The van der Waals surface area contributed by atoms with E-state index in [0.717, 1.165) is 161 Å². The summed E-state index contributed by atoms with van der Waals surface area (Å²) in [6, 6.07) is 0. The van der Waals surface area contributed by atoms with Gasteiger partial charge in [0.1, 0.15) is 13.2 Å². The predicted molar refractivity (Wildman–Crippen MR) is 357 cm³/mol. The van der Waals surface area contributed by atoms with Gasteiger partial charge in [-0.05, 0) is 148 Å². The van der Waals surface area contributed by atoms with Crippen LogP contribution in [0.1, 0.15) is 258 Å². The van der Waals surface area contributed by atoms with Crippen molar-refractivity contribution in [3.8, 4) is 0 Å². The number of hydrogen-bond donors (Lipinski definition) is 0. The highest BCUT2D eigenvalue weighted by molar-refractivity contribution is 5.71. The lowest BCUT2D eigenvalue weighted by molar-refractivity contribution is -0.167. The molecule has 0 heterocycles. The van der Waals surface area contributed by atoms with E-state index in [1.54, 1.807) is 0 Å². The van der Waals surface area contributed by atoms with Crippen LogP contribution >= 0.6 is 0 Å². The van der Waals surface area contributed by atoms with E-state index in [-0.39, 0.29) is 37.5 Å². The fourth-order valence-electron chi connectivity index (χ4n) is 8.30. The van der Waals surface area contributed by atoms with E-state index >= 15 is 0 Å².